The Balaban J connectivity index is 1.75. The summed E-state index contributed by atoms with van der Waals surface area (Å²) in [4.78, 5) is 20.3. The third kappa shape index (κ3) is 2.09. The van der Waals surface area contributed by atoms with Gasteiger partial charge in [0.2, 0.25) is 0 Å². The molecule has 3 nitrogen and oxygen atoms in total. The Kier molecular flexibility index (Phi) is 2.73. The third-order valence-corrected chi connectivity index (χ3v) is 5.50. The Bertz CT molecular complexity index is 732. The number of fused-ring (bicyclic) bond motifs is 2. The van der Waals surface area contributed by atoms with Gasteiger partial charge in [-0.25, -0.2) is 4.98 Å². The van der Waals surface area contributed by atoms with Crippen LogP contribution >= 0.6 is 11.3 Å². The number of Topliss-reactive ketones (excluding diaryl/α,β-unsaturated/α-hetero) is 1. The van der Waals surface area contributed by atoms with E-state index in [1.54, 1.807) is 11.3 Å². The minimum Gasteiger partial charge on any atom is -0.317 e. The molecule has 0 N–H and O–H groups in total. The molecule has 0 bridgehead atoms. The molecule has 0 unspecified atom stereocenters. The highest BCUT2D eigenvalue weighted by atomic mass is 32.1. The first-order valence-corrected chi connectivity index (χ1v) is 8.23. The van der Waals surface area contributed by atoms with Gasteiger partial charge in [-0.1, -0.05) is 43.4 Å². The standard InChI is InChI=1S/C17H18N2OS/c1-17(2)9-12-15(14(20)10-17)21-16(18-12)19-8-7-11-5-3-4-6-13(11)19/h3-6H,7-10H2,1-2H3. The lowest BCUT2D eigenvalue weighted by molar-refractivity contribution is 0.0916. The second kappa shape index (κ2) is 4.41. The molecular formula is C17H18N2OS. The van der Waals surface area contributed by atoms with Crippen molar-refractivity contribution in [1.82, 2.24) is 4.98 Å². The average Bonchev–Trinajstić information content (AvgIpc) is 3.00. The highest BCUT2D eigenvalue weighted by molar-refractivity contribution is 7.17. The Morgan fingerprint density at radius 1 is 1.24 bits per heavy atom. The number of hydrogen-bond acceptors (Lipinski definition) is 4. The minimum atomic E-state index is 0.0400. The first-order valence-electron chi connectivity index (χ1n) is 7.42. The number of carbonyl (C=O) groups is 1. The first kappa shape index (κ1) is 13.0. The van der Waals surface area contributed by atoms with E-state index in [0.29, 0.717) is 6.42 Å². The number of nitrogens with zero attached hydrogens (tertiary/aromatic N) is 2. The molecular weight excluding hydrogens is 280 g/mol. The van der Waals surface area contributed by atoms with Gasteiger partial charge >= 0.3 is 0 Å². The van der Waals surface area contributed by atoms with Crippen LogP contribution in [-0.2, 0) is 12.8 Å². The number of aromatic nitrogens is 1. The zero-order valence-corrected chi connectivity index (χ0v) is 13.2. The van der Waals surface area contributed by atoms with Crippen LogP contribution < -0.4 is 4.90 Å². The Morgan fingerprint density at radius 2 is 2.05 bits per heavy atom. The van der Waals surface area contributed by atoms with Crippen molar-refractivity contribution in [3.8, 4) is 0 Å². The number of benzene rings is 1. The van der Waals surface area contributed by atoms with Crippen molar-refractivity contribution >= 4 is 27.9 Å². The maximum absolute atomic E-state index is 12.3. The Hall–Kier alpha value is -1.68. The lowest BCUT2D eigenvalue weighted by atomic mass is 9.78. The highest BCUT2D eigenvalue weighted by Gasteiger charge is 2.35. The summed E-state index contributed by atoms with van der Waals surface area (Å²) in [6.07, 6.45) is 2.60. The summed E-state index contributed by atoms with van der Waals surface area (Å²) in [6, 6.07) is 8.48. The van der Waals surface area contributed by atoms with Gasteiger partial charge in [0.25, 0.3) is 0 Å². The maximum atomic E-state index is 12.3. The molecule has 1 aliphatic carbocycles. The fraction of sp³-hybridized carbons (Fsp3) is 0.412. The van der Waals surface area contributed by atoms with Crippen molar-refractivity contribution in [2.75, 3.05) is 11.4 Å². The van der Waals surface area contributed by atoms with Crippen LogP contribution in [0.25, 0.3) is 0 Å². The van der Waals surface area contributed by atoms with Crippen LogP contribution in [0, 0.1) is 5.41 Å². The number of hydrogen-bond donors (Lipinski definition) is 0. The molecule has 0 fully saturated rings. The van der Waals surface area contributed by atoms with Crippen molar-refractivity contribution in [2.45, 2.75) is 33.1 Å². The van der Waals surface area contributed by atoms with Crippen molar-refractivity contribution in [3.63, 3.8) is 0 Å². The summed E-state index contributed by atoms with van der Waals surface area (Å²) in [5, 5.41) is 0.982. The molecule has 1 aliphatic heterocycles. The Labute approximate surface area is 128 Å². The van der Waals surface area contributed by atoms with E-state index in [-0.39, 0.29) is 11.2 Å². The van der Waals surface area contributed by atoms with Gasteiger partial charge in [-0.15, -0.1) is 0 Å². The summed E-state index contributed by atoms with van der Waals surface area (Å²) >= 11 is 1.57. The van der Waals surface area contributed by atoms with E-state index >= 15 is 0 Å². The van der Waals surface area contributed by atoms with Gasteiger partial charge in [-0.05, 0) is 29.9 Å². The smallest absolute Gasteiger partial charge is 0.190 e. The highest BCUT2D eigenvalue weighted by Crippen LogP contribution is 2.42. The molecule has 4 rings (SSSR count). The molecule has 1 aromatic heterocycles. The van der Waals surface area contributed by atoms with Gasteiger partial charge in [0.1, 0.15) is 0 Å². The van der Waals surface area contributed by atoms with E-state index in [2.05, 4.69) is 43.0 Å². The van der Waals surface area contributed by atoms with Gasteiger partial charge in [-0.2, -0.15) is 0 Å². The fourth-order valence-electron chi connectivity index (χ4n) is 3.36. The predicted molar refractivity (Wildman–Crippen MR) is 85.7 cm³/mol. The van der Waals surface area contributed by atoms with E-state index in [1.807, 2.05) is 0 Å². The van der Waals surface area contributed by atoms with Crippen LogP contribution in [-0.4, -0.2) is 17.3 Å². The van der Waals surface area contributed by atoms with Gasteiger partial charge in [-0.3, -0.25) is 4.79 Å². The molecule has 0 atom stereocenters. The SMILES string of the molecule is CC1(C)CC(=O)c2sc(N3CCc4ccccc43)nc2C1. The molecule has 108 valence electrons. The molecule has 0 spiro atoms. The largest absolute Gasteiger partial charge is 0.317 e. The molecule has 0 saturated carbocycles. The number of anilines is 2. The van der Waals surface area contributed by atoms with E-state index in [4.69, 9.17) is 4.98 Å². The second-order valence-electron chi connectivity index (χ2n) is 6.74. The fourth-order valence-corrected chi connectivity index (χ4v) is 4.42. The molecule has 21 heavy (non-hydrogen) atoms. The van der Waals surface area contributed by atoms with Crippen molar-refractivity contribution < 1.29 is 4.79 Å². The number of para-hydroxylation sites is 1. The molecule has 2 aromatic rings. The third-order valence-electron chi connectivity index (χ3n) is 4.34. The van der Waals surface area contributed by atoms with E-state index in [9.17, 15) is 4.79 Å². The second-order valence-corrected chi connectivity index (χ2v) is 7.72. The molecule has 1 aromatic carbocycles. The first-order chi connectivity index (χ1) is 10.0. The molecule has 0 radical (unpaired) electrons. The van der Waals surface area contributed by atoms with Crippen LogP contribution in [0.5, 0.6) is 0 Å². The number of ketones is 1. The predicted octanol–water partition coefficient (Wildman–Crippen LogP) is 3.99. The monoisotopic (exact) mass is 298 g/mol. The average molecular weight is 298 g/mol. The maximum Gasteiger partial charge on any atom is 0.190 e. The van der Waals surface area contributed by atoms with Crippen molar-refractivity contribution in [1.29, 1.82) is 0 Å². The number of thiazole rings is 1. The minimum absolute atomic E-state index is 0.0400. The lowest BCUT2D eigenvalue weighted by Crippen LogP contribution is -2.26. The molecule has 0 amide bonds. The van der Waals surface area contributed by atoms with Crippen molar-refractivity contribution in [2.24, 2.45) is 5.41 Å². The van der Waals surface area contributed by atoms with Crippen LogP contribution in [0.2, 0.25) is 0 Å². The van der Waals surface area contributed by atoms with E-state index in [1.165, 1.54) is 11.3 Å². The molecule has 0 saturated heterocycles. The normalized spacial score (nSPS) is 19.5. The van der Waals surface area contributed by atoms with E-state index in [0.717, 1.165) is 35.1 Å². The molecule has 2 heterocycles. The van der Waals surface area contributed by atoms with Crippen LogP contribution in [0.15, 0.2) is 24.3 Å². The molecule has 4 heteroatoms. The van der Waals surface area contributed by atoms with Gasteiger partial charge in [0.05, 0.1) is 10.6 Å². The van der Waals surface area contributed by atoms with E-state index < -0.39 is 0 Å². The van der Waals surface area contributed by atoms with Gasteiger partial charge in [0, 0.05) is 18.7 Å². The zero-order chi connectivity index (χ0) is 14.6. The summed E-state index contributed by atoms with van der Waals surface area (Å²) in [7, 11) is 0. The molecule has 2 aliphatic rings. The van der Waals surface area contributed by atoms with Gasteiger partial charge in [0.15, 0.2) is 10.9 Å². The summed E-state index contributed by atoms with van der Waals surface area (Å²) < 4.78 is 0. The van der Waals surface area contributed by atoms with Crippen molar-refractivity contribution in [3.05, 3.63) is 40.4 Å². The number of rotatable bonds is 1. The zero-order valence-electron chi connectivity index (χ0n) is 12.3. The topological polar surface area (TPSA) is 33.2 Å². The summed E-state index contributed by atoms with van der Waals surface area (Å²) in [5.41, 5.74) is 3.66. The quantitative estimate of drug-likeness (QED) is 0.798. The van der Waals surface area contributed by atoms with Crippen LogP contribution in [0.3, 0.4) is 0 Å². The summed E-state index contributed by atoms with van der Waals surface area (Å²) in [6.45, 7) is 5.26. The van der Waals surface area contributed by atoms with Crippen LogP contribution in [0.4, 0.5) is 10.8 Å². The number of carbonyl (C=O) groups excluding carboxylic acids is 1. The lowest BCUT2D eigenvalue weighted by Gasteiger charge is -2.26. The Morgan fingerprint density at radius 3 is 2.90 bits per heavy atom. The van der Waals surface area contributed by atoms with Gasteiger partial charge < -0.3 is 4.90 Å². The summed E-state index contributed by atoms with van der Waals surface area (Å²) in [5.74, 6) is 0.262. The van der Waals surface area contributed by atoms with Crippen LogP contribution in [0.1, 0.15) is 41.2 Å².